The van der Waals surface area contributed by atoms with Crippen LogP contribution in [0, 0.1) is 24.2 Å². The van der Waals surface area contributed by atoms with E-state index in [-0.39, 0.29) is 5.41 Å². The van der Waals surface area contributed by atoms with Gasteiger partial charge in [0.05, 0.1) is 5.69 Å². The van der Waals surface area contributed by atoms with Gasteiger partial charge in [-0.05, 0) is 34.2 Å². The Bertz CT molecular complexity index is 413. The topological polar surface area (TPSA) is 29.9 Å². The summed E-state index contributed by atoms with van der Waals surface area (Å²) in [6, 6.07) is 0. The van der Waals surface area contributed by atoms with E-state index in [1.165, 1.54) is 5.56 Å². The molecule has 3 nitrogen and oxygen atoms in total. The quantitative estimate of drug-likeness (QED) is 0.809. The van der Waals surface area contributed by atoms with Crippen molar-refractivity contribution in [2.45, 2.75) is 47.7 Å². The Morgan fingerprint density at radius 2 is 2.12 bits per heavy atom. The highest BCUT2D eigenvalue weighted by molar-refractivity contribution is 5.16. The molecule has 0 amide bonds. The molecule has 3 heteroatoms. The maximum Gasteiger partial charge on any atom is 0.102 e. The molecule has 0 bridgehead atoms. The smallest absolute Gasteiger partial charge is 0.102 e. The van der Waals surface area contributed by atoms with E-state index in [1.807, 2.05) is 11.6 Å². The molecule has 0 aliphatic rings. The summed E-state index contributed by atoms with van der Waals surface area (Å²) in [6.45, 7) is 13.0. The van der Waals surface area contributed by atoms with E-state index in [4.69, 9.17) is 0 Å². The van der Waals surface area contributed by atoms with Gasteiger partial charge in [0.1, 0.15) is 6.54 Å². The molecule has 0 aliphatic heterocycles. The molecular weight excluding hydrogens is 210 g/mol. The van der Waals surface area contributed by atoms with Crippen molar-refractivity contribution in [3.8, 4) is 11.8 Å². The maximum atomic E-state index is 4.46. The van der Waals surface area contributed by atoms with E-state index in [0.717, 1.165) is 18.8 Å². The number of aromatic nitrogens is 2. The van der Waals surface area contributed by atoms with Gasteiger partial charge in [0.15, 0.2) is 0 Å². The van der Waals surface area contributed by atoms with Crippen molar-refractivity contribution in [2.75, 3.05) is 6.54 Å². The molecule has 0 unspecified atom stereocenters. The van der Waals surface area contributed by atoms with Crippen molar-refractivity contribution in [3.63, 3.8) is 0 Å². The molecule has 0 fully saturated rings. The van der Waals surface area contributed by atoms with Crippen LogP contribution in [0.1, 0.15) is 39.0 Å². The van der Waals surface area contributed by atoms with E-state index in [9.17, 15) is 0 Å². The fourth-order valence-corrected chi connectivity index (χ4v) is 1.46. The minimum Gasteiger partial charge on any atom is -0.313 e. The average Bonchev–Trinajstić information content (AvgIpc) is 2.54. The highest BCUT2D eigenvalue weighted by Gasteiger charge is 2.04. The Kier molecular flexibility index (Phi) is 4.77. The molecule has 0 aliphatic carbocycles. The Morgan fingerprint density at radius 1 is 1.41 bits per heavy atom. The van der Waals surface area contributed by atoms with E-state index in [0.29, 0.717) is 6.54 Å². The zero-order chi connectivity index (χ0) is 12.9. The molecule has 0 radical (unpaired) electrons. The second-order valence-electron chi connectivity index (χ2n) is 5.27. The van der Waals surface area contributed by atoms with Crippen LogP contribution in [-0.2, 0) is 13.1 Å². The predicted octanol–water partition coefficient (Wildman–Crippen LogP) is 2.35. The van der Waals surface area contributed by atoms with Gasteiger partial charge < -0.3 is 5.32 Å². The summed E-state index contributed by atoms with van der Waals surface area (Å²) in [7, 11) is 0. The van der Waals surface area contributed by atoms with Crippen molar-refractivity contribution >= 4 is 0 Å². The van der Waals surface area contributed by atoms with Crippen molar-refractivity contribution in [1.82, 2.24) is 15.1 Å². The minimum absolute atomic E-state index is 0.0643. The van der Waals surface area contributed by atoms with Crippen LogP contribution in [0.2, 0.25) is 0 Å². The molecule has 1 aromatic rings. The Morgan fingerprint density at radius 3 is 2.71 bits per heavy atom. The first kappa shape index (κ1) is 13.8. The van der Waals surface area contributed by atoms with E-state index in [1.54, 1.807) is 0 Å². The zero-order valence-corrected chi connectivity index (χ0v) is 11.6. The predicted molar refractivity (Wildman–Crippen MR) is 71.6 cm³/mol. The molecule has 0 aromatic carbocycles. The number of nitrogens with zero attached hydrogens (tertiary/aromatic N) is 2. The summed E-state index contributed by atoms with van der Waals surface area (Å²) in [6.07, 6.45) is 2.08. The van der Waals surface area contributed by atoms with Gasteiger partial charge >= 0.3 is 0 Å². The van der Waals surface area contributed by atoms with Gasteiger partial charge in [0, 0.05) is 23.7 Å². The molecule has 1 N–H and O–H groups in total. The maximum absolute atomic E-state index is 4.46. The van der Waals surface area contributed by atoms with Gasteiger partial charge in [-0.15, -0.1) is 0 Å². The van der Waals surface area contributed by atoms with Crippen LogP contribution in [0.5, 0.6) is 0 Å². The lowest BCUT2D eigenvalue weighted by atomic mass is 9.98. The Labute approximate surface area is 105 Å². The van der Waals surface area contributed by atoms with Crippen molar-refractivity contribution < 1.29 is 0 Å². The molecule has 0 saturated carbocycles. The van der Waals surface area contributed by atoms with Crippen molar-refractivity contribution in [3.05, 3.63) is 17.5 Å². The summed E-state index contributed by atoms with van der Waals surface area (Å²) in [5.41, 5.74) is 2.40. The third-order valence-electron chi connectivity index (χ3n) is 2.32. The van der Waals surface area contributed by atoms with Crippen LogP contribution in [0.25, 0.3) is 0 Å². The van der Waals surface area contributed by atoms with Gasteiger partial charge in [-0.3, -0.25) is 4.68 Å². The molecule has 1 rings (SSSR count). The van der Waals surface area contributed by atoms with Gasteiger partial charge in [0.25, 0.3) is 0 Å². The molecule has 94 valence electrons. The molecule has 17 heavy (non-hydrogen) atoms. The lowest BCUT2D eigenvalue weighted by molar-refractivity contribution is 0.568. The lowest BCUT2D eigenvalue weighted by Crippen LogP contribution is -2.11. The number of hydrogen-bond donors (Lipinski definition) is 1. The fourth-order valence-electron chi connectivity index (χ4n) is 1.46. The number of nitrogens with one attached hydrogen (secondary N) is 1. The fraction of sp³-hybridized carbons (Fsp3) is 0.643. The molecule has 0 saturated heterocycles. The number of hydrogen-bond acceptors (Lipinski definition) is 2. The SMILES string of the molecule is CCNCc1cn(CC#CC(C)(C)C)nc1C. The van der Waals surface area contributed by atoms with Crippen molar-refractivity contribution in [1.29, 1.82) is 0 Å². The molecule has 0 spiro atoms. The summed E-state index contributed by atoms with van der Waals surface area (Å²) in [5.74, 6) is 6.38. The highest BCUT2D eigenvalue weighted by Crippen LogP contribution is 2.10. The van der Waals surface area contributed by atoms with Gasteiger partial charge in [-0.25, -0.2) is 0 Å². The molecule has 0 atom stereocenters. The standard InChI is InChI=1S/C14H23N3/c1-6-15-10-13-11-17(16-12(13)2)9-7-8-14(3,4)5/h11,15H,6,9-10H2,1-5H3. The molecule has 1 heterocycles. The van der Waals surface area contributed by atoms with Crippen LogP contribution in [0.15, 0.2) is 6.20 Å². The molecule has 1 aromatic heterocycles. The van der Waals surface area contributed by atoms with Gasteiger partial charge in [-0.1, -0.05) is 18.8 Å². The zero-order valence-electron chi connectivity index (χ0n) is 11.6. The first-order valence-corrected chi connectivity index (χ1v) is 6.16. The summed E-state index contributed by atoms with van der Waals surface area (Å²) >= 11 is 0. The second-order valence-corrected chi connectivity index (χ2v) is 5.27. The normalized spacial score (nSPS) is 11.1. The van der Waals surface area contributed by atoms with Gasteiger partial charge in [0.2, 0.25) is 0 Å². The number of aryl methyl sites for hydroxylation is 1. The second kappa shape index (κ2) is 5.88. The lowest BCUT2D eigenvalue weighted by Gasteiger charge is -2.06. The number of rotatable bonds is 4. The van der Waals surface area contributed by atoms with E-state index in [2.05, 4.69) is 56.1 Å². The first-order chi connectivity index (χ1) is 7.92. The minimum atomic E-state index is 0.0643. The van der Waals surface area contributed by atoms with Crippen LogP contribution < -0.4 is 5.32 Å². The van der Waals surface area contributed by atoms with Crippen LogP contribution in [0.4, 0.5) is 0 Å². The highest BCUT2D eigenvalue weighted by atomic mass is 15.3. The van der Waals surface area contributed by atoms with Crippen molar-refractivity contribution in [2.24, 2.45) is 5.41 Å². The Balaban J connectivity index is 2.63. The average molecular weight is 233 g/mol. The molecular formula is C14H23N3. The van der Waals surface area contributed by atoms with Crippen LogP contribution >= 0.6 is 0 Å². The first-order valence-electron chi connectivity index (χ1n) is 6.16. The third-order valence-corrected chi connectivity index (χ3v) is 2.32. The monoisotopic (exact) mass is 233 g/mol. The third kappa shape index (κ3) is 5.06. The largest absolute Gasteiger partial charge is 0.313 e. The van der Waals surface area contributed by atoms with Crippen LogP contribution in [-0.4, -0.2) is 16.3 Å². The Hall–Kier alpha value is -1.27. The van der Waals surface area contributed by atoms with E-state index >= 15 is 0 Å². The summed E-state index contributed by atoms with van der Waals surface area (Å²) < 4.78 is 1.92. The van der Waals surface area contributed by atoms with Crippen LogP contribution in [0.3, 0.4) is 0 Å². The summed E-state index contributed by atoms with van der Waals surface area (Å²) in [4.78, 5) is 0. The summed E-state index contributed by atoms with van der Waals surface area (Å²) in [5, 5.41) is 7.77. The van der Waals surface area contributed by atoms with E-state index < -0.39 is 0 Å². The van der Waals surface area contributed by atoms with Gasteiger partial charge in [-0.2, -0.15) is 5.10 Å².